The van der Waals surface area contributed by atoms with Crippen LogP contribution in [0.15, 0.2) is 42.6 Å². The number of halogens is 1. The molecule has 1 aromatic heterocycles. The van der Waals surface area contributed by atoms with E-state index in [2.05, 4.69) is 27.8 Å². The maximum absolute atomic E-state index is 13.4. The van der Waals surface area contributed by atoms with E-state index in [0.717, 1.165) is 37.3 Å². The van der Waals surface area contributed by atoms with Crippen molar-refractivity contribution in [3.8, 4) is 0 Å². The Balaban J connectivity index is 1.68. The Hall–Kier alpha value is -2.47. The second-order valence-electron chi connectivity index (χ2n) is 6.69. The van der Waals surface area contributed by atoms with Crippen LogP contribution in [0.1, 0.15) is 36.6 Å². The van der Waals surface area contributed by atoms with Gasteiger partial charge in [-0.1, -0.05) is 30.3 Å². The summed E-state index contributed by atoms with van der Waals surface area (Å²) in [5.41, 5.74) is 2.86. The van der Waals surface area contributed by atoms with Crippen LogP contribution in [0, 0.1) is 11.7 Å². The summed E-state index contributed by atoms with van der Waals surface area (Å²) in [6.07, 6.45) is 3.71. The number of carboxylic acid groups (broad SMARTS) is 1. The van der Waals surface area contributed by atoms with Crippen molar-refractivity contribution in [1.29, 1.82) is 0 Å². The van der Waals surface area contributed by atoms with E-state index in [4.69, 9.17) is 5.11 Å². The number of hydrogen-bond donors (Lipinski definition) is 3. The third-order valence-electron chi connectivity index (χ3n) is 4.76. The monoisotopic (exact) mass is 357 g/mol. The lowest BCUT2D eigenvalue weighted by molar-refractivity contribution is -0.137. The molecule has 0 saturated heterocycles. The average Bonchev–Trinajstić information content (AvgIpc) is 2.65. The lowest BCUT2D eigenvalue weighted by Crippen LogP contribution is -2.37. The van der Waals surface area contributed by atoms with Crippen molar-refractivity contribution >= 4 is 11.7 Å². The van der Waals surface area contributed by atoms with Gasteiger partial charge in [0.25, 0.3) is 0 Å². The Morgan fingerprint density at radius 2 is 2.15 bits per heavy atom. The van der Waals surface area contributed by atoms with Crippen LogP contribution in [0.25, 0.3) is 0 Å². The normalized spacial score (nSPS) is 17.2. The highest BCUT2D eigenvalue weighted by Gasteiger charge is 2.28. The molecule has 3 rings (SSSR count). The first kappa shape index (κ1) is 18.3. The summed E-state index contributed by atoms with van der Waals surface area (Å²) >= 11 is 0. The summed E-state index contributed by atoms with van der Waals surface area (Å²) in [6.45, 7) is 1.49. The zero-order valence-corrected chi connectivity index (χ0v) is 14.6. The van der Waals surface area contributed by atoms with Gasteiger partial charge >= 0.3 is 5.97 Å². The molecule has 6 heteroatoms. The molecule has 5 nitrogen and oxygen atoms in total. The van der Waals surface area contributed by atoms with E-state index in [1.807, 2.05) is 18.2 Å². The first-order valence-electron chi connectivity index (χ1n) is 9.02. The standard InChI is InChI=1S/C20H24FN3O2/c21-16-11-18-17(24-13-16)10-15(12-23-18)20(14-6-2-1-3-7-14)22-9-5-4-8-19(25)26/h1-3,6-7,11,13,15,20,22-23H,4-5,8-10,12H2,(H,25,26)/t15-,20-/m1/s1. The molecule has 26 heavy (non-hydrogen) atoms. The average molecular weight is 357 g/mol. The lowest BCUT2D eigenvalue weighted by atomic mass is 9.86. The predicted molar refractivity (Wildman–Crippen MR) is 98.6 cm³/mol. The summed E-state index contributed by atoms with van der Waals surface area (Å²) in [7, 11) is 0. The molecular formula is C20H24FN3O2. The molecule has 0 amide bonds. The largest absolute Gasteiger partial charge is 0.481 e. The van der Waals surface area contributed by atoms with Crippen molar-refractivity contribution in [2.75, 3.05) is 18.4 Å². The van der Waals surface area contributed by atoms with Gasteiger partial charge in [-0.3, -0.25) is 9.78 Å². The fourth-order valence-corrected chi connectivity index (χ4v) is 3.46. The van der Waals surface area contributed by atoms with Crippen molar-refractivity contribution < 1.29 is 14.3 Å². The molecule has 3 N–H and O–H groups in total. The number of aliphatic carboxylic acids is 1. The maximum atomic E-state index is 13.4. The Morgan fingerprint density at radius 1 is 1.35 bits per heavy atom. The second kappa shape index (κ2) is 8.76. The smallest absolute Gasteiger partial charge is 0.303 e. The Bertz CT molecular complexity index is 739. The molecule has 0 spiro atoms. The molecular weight excluding hydrogens is 333 g/mol. The maximum Gasteiger partial charge on any atom is 0.303 e. The van der Waals surface area contributed by atoms with Crippen LogP contribution < -0.4 is 10.6 Å². The molecule has 0 fully saturated rings. The number of pyridine rings is 1. The van der Waals surface area contributed by atoms with Gasteiger partial charge < -0.3 is 15.7 Å². The summed E-state index contributed by atoms with van der Waals surface area (Å²) in [5, 5.41) is 15.6. The topological polar surface area (TPSA) is 74.2 Å². The van der Waals surface area contributed by atoms with Gasteiger partial charge in [0.1, 0.15) is 5.82 Å². The molecule has 1 aromatic carbocycles. The number of benzene rings is 1. The van der Waals surface area contributed by atoms with E-state index in [1.54, 1.807) is 0 Å². The minimum Gasteiger partial charge on any atom is -0.481 e. The van der Waals surface area contributed by atoms with E-state index >= 15 is 0 Å². The molecule has 0 bridgehead atoms. The number of unbranched alkanes of at least 4 members (excludes halogenated alkanes) is 1. The number of nitrogens with one attached hydrogen (secondary N) is 2. The molecule has 0 radical (unpaired) electrons. The number of carboxylic acids is 1. The Kier molecular flexibility index (Phi) is 6.17. The first-order valence-corrected chi connectivity index (χ1v) is 9.02. The molecule has 1 aliphatic heterocycles. The van der Waals surface area contributed by atoms with E-state index in [9.17, 15) is 9.18 Å². The lowest BCUT2D eigenvalue weighted by Gasteiger charge is -2.33. The van der Waals surface area contributed by atoms with Gasteiger partial charge in [-0.05, 0) is 31.4 Å². The van der Waals surface area contributed by atoms with Crippen LogP contribution in [-0.2, 0) is 11.2 Å². The summed E-state index contributed by atoms with van der Waals surface area (Å²) in [5.74, 6) is -0.802. The van der Waals surface area contributed by atoms with E-state index in [1.165, 1.54) is 17.8 Å². The zero-order valence-electron chi connectivity index (χ0n) is 14.6. The number of hydrogen-bond acceptors (Lipinski definition) is 4. The van der Waals surface area contributed by atoms with Gasteiger partial charge in [-0.25, -0.2) is 4.39 Å². The number of anilines is 1. The predicted octanol–water partition coefficient (Wildman–Crippen LogP) is 3.39. The third-order valence-corrected chi connectivity index (χ3v) is 4.76. The van der Waals surface area contributed by atoms with E-state index in [0.29, 0.717) is 6.42 Å². The van der Waals surface area contributed by atoms with Crippen LogP contribution in [0.4, 0.5) is 10.1 Å². The van der Waals surface area contributed by atoms with Gasteiger partial charge in [0.05, 0.1) is 17.6 Å². The Labute approximate surface area is 152 Å². The van der Waals surface area contributed by atoms with E-state index < -0.39 is 5.97 Å². The first-order chi connectivity index (χ1) is 12.6. The molecule has 0 saturated carbocycles. The van der Waals surface area contributed by atoms with Crippen molar-refractivity contribution in [2.45, 2.75) is 31.7 Å². The van der Waals surface area contributed by atoms with Gasteiger partial charge in [-0.2, -0.15) is 0 Å². The molecule has 138 valence electrons. The van der Waals surface area contributed by atoms with Crippen LogP contribution in [0.5, 0.6) is 0 Å². The summed E-state index contributed by atoms with van der Waals surface area (Å²) < 4.78 is 13.4. The summed E-state index contributed by atoms with van der Waals surface area (Å²) in [6, 6.07) is 11.9. The van der Waals surface area contributed by atoms with E-state index in [-0.39, 0.29) is 24.2 Å². The number of rotatable bonds is 8. The van der Waals surface area contributed by atoms with Crippen LogP contribution in [0.2, 0.25) is 0 Å². The molecule has 0 aliphatic carbocycles. The number of aromatic nitrogens is 1. The van der Waals surface area contributed by atoms with Crippen molar-refractivity contribution in [3.05, 3.63) is 59.7 Å². The highest BCUT2D eigenvalue weighted by molar-refractivity contribution is 5.66. The minimum absolute atomic E-state index is 0.133. The van der Waals surface area contributed by atoms with Gasteiger partial charge in [0.2, 0.25) is 0 Å². The van der Waals surface area contributed by atoms with Gasteiger partial charge in [0, 0.05) is 31.0 Å². The number of nitrogens with zero attached hydrogens (tertiary/aromatic N) is 1. The fraction of sp³-hybridized carbons (Fsp3) is 0.400. The van der Waals surface area contributed by atoms with Gasteiger partial charge in [-0.15, -0.1) is 0 Å². The molecule has 2 aromatic rings. The Morgan fingerprint density at radius 3 is 2.92 bits per heavy atom. The van der Waals surface area contributed by atoms with Crippen LogP contribution in [-0.4, -0.2) is 29.1 Å². The highest BCUT2D eigenvalue weighted by atomic mass is 19.1. The molecule has 2 atom stereocenters. The summed E-state index contributed by atoms with van der Waals surface area (Å²) in [4.78, 5) is 14.9. The second-order valence-corrected chi connectivity index (χ2v) is 6.69. The third kappa shape index (κ3) is 4.79. The van der Waals surface area contributed by atoms with Crippen molar-refractivity contribution in [3.63, 3.8) is 0 Å². The fourth-order valence-electron chi connectivity index (χ4n) is 3.46. The molecule has 2 heterocycles. The zero-order chi connectivity index (χ0) is 18.4. The molecule has 0 unspecified atom stereocenters. The van der Waals surface area contributed by atoms with Gasteiger partial charge in [0.15, 0.2) is 0 Å². The number of carbonyl (C=O) groups is 1. The minimum atomic E-state index is -0.754. The highest BCUT2D eigenvalue weighted by Crippen LogP contribution is 2.31. The van der Waals surface area contributed by atoms with Crippen molar-refractivity contribution in [1.82, 2.24) is 10.3 Å². The quantitative estimate of drug-likeness (QED) is 0.632. The number of fused-ring (bicyclic) bond motifs is 1. The van der Waals surface area contributed by atoms with Crippen LogP contribution in [0.3, 0.4) is 0 Å². The van der Waals surface area contributed by atoms with Crippen molar-refractivity contribution in [2.24, 2.45) is 5.92 Å². The SMILES string of the molecule is O=C(O)CCCCN[C@H](c1ccccc1)[C@H]1CNc2cc(F)cnc2C1. The van der Waals surface area contributed by atoms with Crippen LogP contribution >= 0.6 is 0 Å². The molecule has 1 aliphatic rings.